The van der Waals surface area contributed by atoms with E-state index in [-0.39, 0.29) is 6.61 Å². The summed E-state index contributed by atoms with van der Waals surface area (Å²) in [6.45, 7) is 1.90. The number of unbranched alkanes of at least 4 members (excludes halogenated alkanes) is 10. The molecule has 3 nitrogen and oxygen atoms in total. The monoisotopic (exact) mass is 276 g/mol. The first kappa shape index (κ1) is 18.9. The highest BCUT2D eigenvalue weighted by molar-refractivity contribution is 4.65. The second-order valence-corrected chi connectivity index (χ2v) is 5.64. The number of hydrogen-bond donors (Lipinski definition) is 3. The first-order chi connectivity index (χ1) is 9.22. The van der Waals surface area contributed by atoms with Crippen molar-refractivity contribution >= 4 is 0 Å². The Hall–Kier alpha value is -0.120. The average molecular weight is 276 g/mol. The van der Waals surface area contributed by atoms with E-state index in [2.05, 4.69) is 6.92 Å². The van der Waals surface area contributed by atoms with Gasteiger partial charge in [-0.15, -0.1) is 0 Å². The summed E-state index contributed by atoms with van der Waals surface area (Å²) in [6.07, 6.45) is 13.0. The van der Waals surface area contributed by atoms with Gasteiger partial charge < -0.3 is 15.3 Å². The van der Waals surface area contributed by atoms with Crippen LogP contribution in [0.1, 0.15) is 84.0 Å². The molecule has 19 heavy (non-hydrogen) atoms. The highest BCUT2D eigenvalue weighted by Gasteiger charge is 2.13. The van der Waals surface area contributed by atoms with Gasteiger partial charge in [-0.2, -0.15) is 0 Å². The predicted octanol–water partition coefficient (Wildman–Crippen LogP) is 3.40. The van der Waals surface area contributed by atoms with Crippen molar-refractivity contribution in [3.63, 3.8) is 0 Å². The molecule has 0 aromatic rings. The predicted molar refractivity (Wildman–Crippen MR) is 80.2 cm³/mol. The molecular weight excluding hydrogens is 242 g/mol. The van der Waals surface area contributed by atoms with Gasteiger partial charge in [-0.25, -0.2) is 0 Å². The van der Waals surface area contributed by atoms with Crippen LogP contribution in [0.3, 0.4) is 0 Å². The van der Waals surface area contributed by atoms with Crippen LogP contribution in [-0.2, 0) is 0 Å². The summed E-state index contributed by atoms with van der Waals surface area (Å²) >= 11 is 0. The van der Waals surface area contributed by atoms with Crippen LogP contribution in [0.25, 0.3) is 0 Å². The lowest BCUT2D eigenvalue weighted by atomic mass is 10.1. The zero-order valence-corrected chi connectivity index (χ0v) is 12.7. The van der Waals surface area contributed by atoms with Crippen LogP contribution in [0, 0.1) is 0 Å². The molecule has 0 saturated heterocycles. The van der Waals surface area contributed by atoms with Gasteiger partial charge in [-0.3, -0.25) is 0 Å². The smallest absolute Gasteiger partial charge is 0.103 e. The topological polar surface area (TPSA) is 60.7 Å². The maximum atomic E-state index is 9.45. The highest BCUT2D eigenvalue weighted by atomic mass is 16.4. The van der Waals surface area contributed by atoms with Crippen LogP contribution >= 0.6 is 0 Å². The van der Waals surface area contributed by atoms with Crippen molar-refractivity contribution in [2.24, 2.45) is 0 Å². The molecule has 0 heterocycles. The van der Waals surface area contributed by atoms with Crippen molar-refractivity contribution in [1.82, 2.24) is 0 Å². The molecule has 0 spiro atoms. The fourth-order valence-electron chi connectivity index (χ4n) is 2.33. The lowest BCUT2D eigenvalue weighted by molar-refractivity contribution is -0.0185. The zero-order valence-electron chi connectivity index (χ0n) is 12.7. The normalized spacial score (nSPS) is 14.5. The third-order valence-electron chi connectivity index (χ3n) is 3.73. The van der Waals surface area contributed by atoms with E-state index in [1.54, 1.807) is 0 Å². The first-order valence-electron chi connectivity index (χ1n) is 8.19. The third-order valence-corrected chi connectivity index (χ3v) is 3.73. The number of hydrogen-bond acceptors (Lipinski definition) is 3. The van der Waals surface area contributed by atoms with E-state index >= 15 is 0 Å². The summed E-state index contributed by atoms with van der Waals surface area (Å²) in [7, 11) is 0. The Labute approximate surface area is 119 Å². The Kier molecular flexibility index (Phi) is 14.2. The molecule has 2 atom stereocenters. The molecule has 2 unspecified atom stereocenters. The minimum Gasteiger partial charge on any atom is -0.394 e. The van der Waals surface area contributed by atoms with Crippen LogP contribution in [0.2, 0.25) is 0 Å². The maximum Gasteiger partial charge on any atom is 0.103 e. The summed E-state index contributed by atoms with van der Waals surface area (Å²) in [4.78, 5) is 0. The van der Waals surface area contributed by atoms with Gasteiger partial charge in [-0.05, 0) is 6.42 Å². The van der Waals surface area contributed by atoms with Gasteiger partial charge in [0.15, 0.2) is 0 Å². The van der Waals surface area contributed by atoms with Crippen LogP contribution in [0.4, 0.5) is 0 Å². The molecule has 116 valence electrons. The molecule has 0 rings (SSSR count). The number of aliphatic hydroxyl groups is 3. The SMILES string of the molecule is CCCCCCCCCCCC[14CH2]C(O)C(O)CO. The molecule has 0 aliphatic heterocycles. The van der Waals surface area contributed by atoms with E-state index in [1.807, 2.05) is 0 Å². The second-order valence-electron chi connectivity index (χ2n) is 5.64. The van der Waals surface area contributed by atoms with Gasteiger partial charge in [-0.1, -0.05) is 77.6 Å². The standard InChI is InChI=1S/C16H34O3/c1-2-3-4-5-6-7-8-9-10-11-12-13-15(18)16(19)14-17/h15-19H,2-14H2,1H3/i13+2. The van der Waals surface area contributed by atoms with Gasteiger partial charge in [0.25, 0.3) is 0 Å². The molecule has 0 bridgehead atoms. The van der Waals surface area contributed by atoms with E-state index in [1.165, 1.54) is 57.8 Å². The van der Waals surface area contributed by atoms with E-state index in [4.69, 9.17) is 5.11 Å². The summed E-state index contributed by atoms with van der Waals surface area (Å²) in [6, 6.07) is 0. The summed E-state index contributed by atoms with van der Waals surface area (Å²) in [5, 5.41) is 27.3. The van der Waals surface area contributed by atoms with Gasteiger partial charge in [0.1, 0.15) is 6.10 Å². The zero-order chi connectivity index (χ0) is 14.3. The molecule has 0 aromatic heterocycles. The van der Waals surface area contributed by atoms with E-state index in [0.29, 0.717) is 6.42 Å². The minimum absolute atomic E-state index is 0.348. The Balaban J connectivity index is 3.10. The van der Waals surface area contributed by atoms with Crippen LogP contribution in [0.5, 0.6) is 0 Å². The minimum atomic E-state index is -0.969. The van der Waals surface area contributed by atoms with Gasteiger partial charge in [0.05, 0.1) is 12.7 Å². The average Bonchev–Trinajstić information content (AvgIpc) is 2.43. The fourth-order valence-corrected chi connectivity index (χ4v) is 2.33. The summed E-state index contributed by atoms with van der Waals surface area (Å²) < 4.78 is 0. The molecule has 0 aliphatic carbocycles. The van der Waals surface area contributed by atoms with Crippen LogP contribution < -0.4 is 0 Å². The Bertz CT molecular complexity index is 173. The van der Waals surface area contributed by atoms with E-state index < -0.39 is 12.2 Å². The Morgan fingerprint density at radius 2 is 1.26 bits per heavy atom. The molecule has 0 aliphatic rings. The lowest BCUT2D eigenvalue weighted by Crippen LogP contribution is -2.28. The largest absolute Gasteiger partial charge is 0.394 e. The Morgan fingerprint density at radius 3 is 1.74 bits per heavy atom. The quantitative estimate of drug-likeness (QED) is 0.426. The molecule has 0 fully saturated rings. The van der Waals surface area contributed by atoms with Crippen molar-refractivity contribution in [2.75, 3.05) is 6.61 Å². The van der Waals surface area contributed by atoms with Crippen molar-refractivity contribution in [1.29, 1.82) is 0 Å². The first-order valence-corrected chi connectivity index (χ1v) is 8.19. The molecule has 3 N–H and O–H groups in total. The van der Waals surface area contributed by atoms with Crippen molar-refractivity contribution in [2.45, 2.75) is 96.2 Å². The van der Waals surface area contributed by atoms with E-state index in [0.717, 1.165) is 12.8 Å². The number of rotatable bonds is 14. The fraction of sp³-hybridized carbons (Fsp3) is 1.00. The summed E-state index contributed by atoms with van der Waals surface area (Å²) in [5.41, 5.74) is 0. The van der Waals surface area contributed by atoms with Crippen LogP contribution in [0.15, 0.2) is 0 Å². The molecular formula is C16H34O3. The second kappa shape index (κ2) is 14.3. The highest BCUT2D eigenvalue weighted by Crippen LogP contribution is 2.13. The van der Waals surface area contributed by atoms with Crippen molar-refractivity contribution in [3.8, 4) is 0 Å². The number of aliphatic hydroxyl groups excluding tert-OH is 3. The molecule has 0 aromatic carbocycles. The molecule has 3 heteroatoms. The van der Waals surface area contributed by atoms with Gasteiger partial charge >= 0.3 is 0 Å². The van der Waals surface area contributed by atoms with E-state index in [9.17, 15) is 10.2 Å². The lowest BCUT2D eigenvalue weighted by Gasteiger charge is -2.14. The maximum absolute atomic E-state index is 9.45. The van der Waals surface area contributed by atoms with Crippen LogP contribution in [-0.4, -0.2) is 34.1 Å². The third kappa shape index (κ3) is 12.6. The van der Waals surface area contributed by atoms with Gasteiger partial charge in [0.2, 0.25) is 0 Å². The summed E-state index contributed by atoms with van der Waals surface area (Å²) in [5.74, 6) is 0. The van der Waals surface area contributed by atoms with Crippen molar-refractivity contribution in [3.05, 3.63) is 0 Å². The Morgan fingerprint density at radius 1 is 0.789 bits per heavy atom. The van der Waals surface area contributed by atoms with Gasteiger partial charge in [0, 0.05) is 0 Å². The molecule has 0 radical (unpaired) electrons. The molecule has 0 amide bonds. The molecule has 0 saturated carbocycles. The van der Waals surface area contributed by atoms with Crippen molar-refractivity contribution < 1.29 is 15.3 Å².